The lowest BCUT2D eigenvalue weighted by molar-refractivity contribution is 0.0981. The van der Waals surface area contributed by atoms with Crippen LogP contribution < -0.4 is 10.2 Å². The summed E-state index contributed by atoms with van der Waals surface area (Å²) in [5, 5.41) is 3.49. The van der Waals surface area contributed by atoms with E-state index >= 15 is 0 Å². The lowest BCUT2D eigenvalue weighted by Gasteiger charge is -2.37. The van der Waals surface area contributed by atoms with Gasteiger partial charge in [-0.1, -0.05) is 30.3 Å². The number of piperazine rings is 1. The van der Waals surface area contributed by atoms with E-state index in [0.717, 1.165) is 12.6 Å². The van der Waals surface area contributed by atoms with Crippen molar-refractivity contribution < 1.29 is 0 Å². The van der Waals surface area contributed by atoms with Crippen molar-refractivity contribution in [1.82, 2.24) is 15.1 Å². The van der Waals surface area contributed by atoms with Crippen LogP contribution in [0.25, 0.3) is 0 Å². The third kappa shape index (κ3) is 4.09. The molecule has 2 aromatic rings. The zero-order valence-electron chi connectivity index (χ0n) is 15.8. The first-order valence-corrected chi connectivity index (χ1v) is 9.84. The molecular formula is C22H30N4. The van der Waals surface area contributed by atoms with E-state index in [9.17, 15) is 0 Å². The summed E-state index contributed by atoms with van der Waals surface area (Å²) in [6, 6.07) is 20.3. The molecule has 2 saturated heterocycles. The van der Waals surface area contributed by atoms with Gasteiger partial charge in [0.1, 0.15) is 0 Å². The number of hydrogen-bond acceptors (Lipinski definition) is 4. The van der Waals surface area contributed by atoms with E-state index in [1.54, 1.807) is 0 Å². The number of hydrogen-bond donors (Lipinski definition) is 1. The highest BCUT2D eigenvalue weighted by molar-refractivity contribution is 5.62. The molecule has 2 fully saturated rings. The maximum Gasteiger partial charge on any atom is 0.0408 e. The van der Waals surface area contributed by atoms with Gasteiger partial charge in [-0.2, -0.15) is 0 Å². The summed E-state index contributed by atoms with van der Waals surface area (Å²) in [7, 11) is 2.13. The standard InChI is InChI=1S/C22H30N4/c1-24(20-5-3-2-4-6-20)21-9-7-19(8-10-21)18-25-13-15-26(16-14-25)22-11-12-23-17-22/h2-10,22-23H,11-18H2,1H3. The monoisotopic (exact) mass is 350 g/mol. The summed E-state index contributed by atoms with van der Waals surface area (Å²) in [4.78, 5) is 7.50. The van der Waals surface area contributed by atoms with Crippen molar-refractivity contribution in [3.63, 3.8) is 0 Å². The first-order chi connectivity index (χ1) is 12.8. The van der Waals surface area contributed by atoms with Gasteiger partial charge < -0.3 is 10.2 Å². The molecule has 0 bridgehead atoms. The van der Waals surface area contributed by atoms with Crippen LogP contribution in [-0.2, 0) is 6.54 Å². The Bertz CT molecular complexity index is 671. The van der Waals surface area contributed by atoms with Gasteiger partial charge in [-0.25, -0.2) is 0 Å². The number of benzene rings is 2. The molecule has 1 atom stereocenters. The Morgan fingerprint density at radius 3 is 2.27 bits per heavy atom. The van der Waals surface area contributed by atoms with Crippen molar-refractivity contribution >= 4 is 11.4 Å². The molecule has 2 aliphatic rings. The van der Waals surface area contributed by atoms with E-state index in [1.165, 1.54) is 62.6 Å². The Kier molecular flexibility index (Phi) is 5.54. The molecule has 1 unspecified atom stereocenters. The molecule has 0 amide bonds. The van der Waals surface area contributed by atoms with Crippen LogP contribution in [-0.4, -0.2) is 62.2 Å². The molecule has 0 aromatic heterocycles. The average molecular weight is 351 g/mol. The minimum atomic E-state index is 0.768. The van der Waals surface area contributed by atoms with Crippen LogP contribution in [0.1, 0.15) is 12.0 Å². The van der Waals surface area contributed by atoms with Gasteiger partial charge in [-0.3, -0.25) is 9.80 Å². The predicted octanol–water partition coefficient (Wildman–Crippen LogP) is 2.93. The first-order valence-electron chi connectivity index (χ1n) is 9.84. The number of anilines is 2. The number of nitrogens with zero attached hydrogens (tertiary/aromatic N) is 3. The van der Waals surface area contributed by atoms with Crippen LogP contribution in [0, 0.1) is 0 Å². The van der Waals surface area contributed by atoms with Gasteiger partial charge in [0, 0.05) is 63.7 Å². The van der Waals surface area contributed by atoms with Gasteiger partial charge in [-0.05, 0) is 42.8 Å². The molecule has 0 aliphatic carbocycles. The second-order valence-corrected chi connectivity index (χ2v) is 7.52. The number of para-hydroxylation sites is 1. The molecule has 2 heterocycles. The Morgan fingerprint density at radius 2 is 1.62 bits per heavy atom. The molecule has 4 heteroatoms. The fraction of sp³-hybridized carbons (Fsp3) is 0.455. The molecule has 138 valence electrons. The zero-order valence-corrected chi connectivity index (χ0v) is 15.8. The molecule has 0 saturated carbocycles. The summed E-state index contributed by atoms with van der Waals surface area (Å²) in [6.45, 7) is 8.21. The fourth-order valence-corrected chi connectivity index (χ4v) is 4.12. The zero-order chi connectivity index (χ0) is 17.8. The summed E-state index contributed by atoms with van der Waals surface area (Å²) in [5.41, 5.74) is 3.86. The topological polar surface area (TPSA) is 21.8 Å². The lowest BCUT2D eigenvalue weighted by atomic mass is 10.1. The minimum absolute atomic E-state index is 0.768. The van der Waals surface area contributed by atoms with Crippen LogP contribution >= 0.6 is 0 Å². The molecule has 4 rings (SSSR count). The average Bonchev–Trinajstić information content (AvgIpc) is 3.24. The maximum atomic E-state index is 3.49. The predicted molar refractivity (Wildman–Crippen MR) is 109 cm³/mol. The fourth-order valence-electron chi connectivity index (χ4n) is 4.12. The molecule has 2 aliphatic heterocycles. The third-order valence-electron chi connectivity index (χ3n) is 5.83. The van der Waals surface area contributed by atoms with Crippen molar-refractivity contribution in [3.05, 3.63) is 60.2 Å². The molecule has 4 nitrogen and oxygen atoms in total. The highest BCUT2D eigenvalue weighted by Crippen LogP contribution is 2.24. The smallest absolute Gasteiger partial charge is 0.0408 e. The van der Waals surface area contributed by atoms with Gasteiger partial charge in [-0.15, -0.1) is 0 Å². The number of rotatable bonds is 5. The lowest BCUT2D eigenvalue weighted by Crippen LogP contribution is -2.50. The van der Waals surface area contributed by atoms with Crippen molar-refractivity contribution in [1.29, 1.82) is 0 Å². The Morgan fingerprint density at radius 1 is 0.923 bits per heavy atom. The highest BCUT2D eigenvalue weighted by atomic mass is 15.3. The molecule has 0 spiro atoms. The van der Waals surface area contributed by atoms with Crippen molar-refractivity contribution in [2.24, 2.45) is 0 Å². The van der Waals surface area contributed by atoms with E-state index in [0.29, 0.717) is 0 Å². The SMILES string of the molecule is CN(c1ccccc1)c1ccc(CN2CCN(C3CCNC3)CC2)cc1. The summed E-state index contributed by atoms with van der Waals surface area (Å²) < 4.78 is 0. The summed E-state index contributed by atoms with van der Waals surface area (Å²) in [6.07, 6.45) is 1.32. The van der Waals surface area contributed by atoms with Gasteiger partial charge in [0.2, 0.25) is 0 Å². The summed E-state index contributed by atoms with van der Waals surface area (Å²) in [5.74, 6) is 0. The van der Waals surface area contributed by atoms with Crippen LogP contribution in [0.5, 0.6) is 0 Å². The Labute approximate surface area is 157 Å². The second-order valence-electron chi connectivity index (χ2n) is 7.52. The molecule has 26 heavy (non-hydrogen) atoms. The molecule has 2 aromatic carbocycles. The van der Waals surface area contributed by atoms with Gasteiger partial charge in [0.05, 0.1) is 0 Å². The minimum Gasteiger partial charge on any atom is -0.345 e. The largest absolute Gasteiger partial charge is 0.345 e. The molecule has 0 radical (unpaired) electrons. The van der Waals surface area contributed by atoms with E-state index in [1.807, 2.05) is 0 Å². The molecular weight excluding hydrogens is 320 g/mol. The Hall–Kier alpha value is -1.88. The highest BCUT2D eigenvalue weighted by Gasteiger charge is 2.25. The van der Waals surface area contributed by atoms with Crippen LogP contribution in [0.3, 0.4) is 0 Å². The quantitative estimate of drug-likeness (QED) is 0.895. The maximum absolute atomic E-state index is 3.49. The van der Waals surface area contributed by atoms with E-state index in [4.69, 9.17) is 0 Å². The number of nitrogens with one attached hydrogen (secondary N) is 1. The van der Waals surface area contributed by atoms with Crippen LogP contribution in [0.2, 0.25) is 0 Å². The second kappa shape index (κ2) is 8.21. The van der Waals surface area contributed by atoms with Crippen LogP contribution in [0.15, 0.2) is 54.6 Å². The first kappa shape index (κ1) is 17.5. The van der Waals surface area contributed by atoms with E-state index < -0.39 is 0 Å². The van der Waals surface area contributed by atoms with Crippen LogP contribution in [0.4, 0.5) is 11.4 Å². The molecule has 1 N–H and O–H groups in total. The summed E-state index contributed by atoms with van der Waals surface area (Å²) >= 11 is 0. The van der Waals surface area contributed by atoms with Crippen molar-refractivity contribution in [2.45, 2.75) is 19.0 Å². The van der Waals surface area contributed by atoms with Gasteiger partial charge in [0.15, 0.2) is 0 Å². The van der Waals surface area contributed by atoms with E-state index in [-0.39, 0.29) is 0 Å². The van der Waals surface area contributed by atoms with Crippen molar-refractivity contribution in [3.8, 4) is 0 Å². The van der Waals surface area contributed by atoms with Crippen molar-refractivity contribution in [2.75, 3.05) is 51.2 Å². The van der Waals surface area contributed by atoms with Gasteiger partial charge in [0.25, 0.3) is 0 Å². The normalized spacial score (nSPS) is 21.8. The third-order valence-corrected chi connectivity index (χ3v) is 5.83. The van der Waals surface area contributed by atoms with Gasteiger partial charge >= 0.3 is 0 Å². The van der Waals surface area contributed by atoms with E-state index in [2.05, 4.69) is 81.7 Å². The Balaban J connectivity index is 1.30.